The molecule has 0 aromatic carbocycles. The summed E-state index contributed by atoms with van der Waals surface area (Å²) < 4.78 is 0. The summed E-state index contributed by atoms with van der Waals surface area (Å²) in [6.45, 7) is 0. The predicted molar refractivity (Wildman–Crippen MR) is 57.1 cm³/mol. The zero-order valence-corrected chi connectivity index (χ0v) is 8.71. The Balaban J connectivity index is 2.43. The number of rotatable bonds is 1. The lowest BCUT2D eigenvalue weighted by Gasteiger charge is -2.39. The van der Waals surface area contributed by atoms with Gasteiger partial charge in [0.05, 0.1) is 5.41 Å². The second-order valence-electron chi connectivity index (χ2n) is 4.38. The molecular formula is C13H14O2. The molecule has 0 aromatic rings. The lowest BCUT2D eigenvalue weighted by Crippen LogP contribution is -2.39. The smallest absolute Gasteiger partial charge is 0.155 e. The molecule has 2 rings (SSSR count). The van der Waals surface area contributed by atoms with E-state index in [-0.39, 0.29) is 11.6 Å². The van der Waals surface area contributed by atoms with Gasteiger partial charge in [-0.05, 0) is 25.3 Å². The normalized spacial score (nSPS) is 30.5. The van der Waals surface area contributed by atoms with Crippen molar-refractivity contribution in [3.63, 3.8) is 0 Å². The quantitative estimate of drug-likeness (QED) is 0.610. The summed E-state index contributed by atoms with van der Waals surface area (Å²) in [7, 11) is 0. The minimum Gasteiger partial charge on any atom is -0.299 e. The molecule has 2 aliphatic carbocycles. The van der Waals surface area contributed by atoms with Crippen LogP contribution < -0.4 is 0 Å². The van der Waals surface area contributed by atoms with Gasteiger partial charge in [0.25, 0.3) is 0 Å². The van der Waals surface area contributed by atoms with Crippen LogP contribution in [0.1, 0.15) is 38.5 Å². The van der Waals surface area contributed by atoms with Gasteiger partial charge >= 0.3 is 0 Å². The van der Waals surface area contributed by atoms with Crippen LogP contribution in [0.25, 0.3) is 0 Å². The van der Waals surface area contributed by atoms with E-state index in [1.54, 1.807) is 6.08 Å². The average Bonchev–Trinajstić information content (AvgIpc) is 2.21. The Kier molecular flexibility index (Phi) is 2.48. The number of carbonyl (C=O) groups excluding carboxylic acids is 2. The van der Waals surface area contributed by atoms with Gasteiger partial charge in [-0.25, -0.2) is 0 Å². The zero-order valence-electron chi connectivity index (χ0n) is 8.71. The second kappa shape index (κ2) is 3.66. The summed E-state index contributed by atoms with van der Waals surface area (Å²) in [6, 6.07) is 0. The van der Waals surface area contributed by atoms with Crippen molar-refractivity contribution in [3.8, 4) is 12.3 Å². The fourth-order valence-electron chi connectivity index (χ4n) is 2.69. The molecule has 78 valence electrons. The molecule has 0 heterocycles. The van der Waals surface area contributed by atoms with Crippen LogP contribution in [-0.2, 0) is 9.59 Å². The summed E-state index contributed by atoms with van der Waals surface area (Å²) >= 11 is 0. The predicted octanol–water partition coefficient (Wildman–Crippen LogP) is 2.04. The Labute approximate surface area is 89.7 Å². The molecule has 2 aliphatic rings. The van der Waals surface area contributed by atoms with E-state index in [4.69, 9.17) is 6.42 Å². The number of hydrogen-bond acceptors (Lipinski definition) is 2. The zero-order chi connectivity index (χ0) is 10.9. The van der Waals surface area contributed by atoms with Gasteiger partial charge in [0, 0.05) is 19.3 Å². The molecule has 0 saturated heterocycles. The lowest BCUT2D eigenvalue weighted by atomic mass is 9.62. The van der Waals surface area contributed by atoms with Crippen molar-refractivity contribution in [2.45, 2.75) is 38.5 Å². The summed E-state index contributed by atoms with van der Waals surface area (Å²) in [5.41, 5.74) is 0.522. The molecule has 0 aromatic heterocycles. The van der Waals surface area contributed by atoms with E-state index >= 15 is 0 Å². The molecule has 1 atom stereocenters. The van der Waals surface area contributed by atoms with E-state index in [1.807, 2.05) is 0 Å². The van der Waals surface area contributed by atoms with E-state index in [0.29, 0.717) is 25.7 Å². The maximum atomic E-state index is 12.0. The average molecular weight is 202 g/mol. The summed E-state index contributed by atoms with van der Waals surface area (Å²) in [4.78, 5) is 23.3. The first-order valence-corrected chi connectivity index (χ1v) is 5.40. The minimum atomic E-state index is -0.471. The summed E-state index contributed by atoms with van der Waals surface area (Å²) in [5.74, 6) is 2.99. The molecule has 2 nitrogen and oxygen atoms in total. The number of hydrogen-bond donors (Lipinski definition) is 0. The third-order valence-corrected chi connectivity index (χ3v) is 3.54. The van der Waals surface area contributed by atoms with Crippen LogP contribution in [0.2, 0.25) is 0 Å². The largest absolute Gasteiger partial charge is 0.299 e. The van der Waals surface area contributed by atoms with Crippen molar-refractivity contribution < 1.29 is 9.59 Å². The molecule has 0 spiro atoms. The highest BCUT2D eigenvalue weighted by Gasteiger charge is 2.44. The lowest BCUT2D eigenvalue weighted by molar-refractivity contribution is -0.129. The van der Waals surface area contributed by atoms with Crippen molar-refractivity contribution in [2.24, 2.45) is 5.41 Å². The van der Waals surface area contributed by atoms with E-state index < -0.39 is 5.41 Å². The Morgan fingerprint density at radius 2 is 2.13 bits per heavy atom. The molecule has 1 fully saturated rings. The first-order chi connectivity index (χ1) is 7.19. The van der Waals surface area contributed by atoms with Crippen LogP contribution in [0, 0.1) is 17.8 Å². The second-order valence-corrected chi connectivity index (χ2v) is 4.38. The van der Waals surface area contributed by atoms with Crippen LogP contribution >= 0.6 is 0 Å². The van der Waals surface area contributed by atoms with Crippen molar-refractivity contribution in [1.82, 2.24) is 0 Å². The van der Waals surface area contributed by atoms with Crippen LogP contribution in [0.5, 0.6) is 0 Å². The van der Waals surface area contributed by atoms with Crippen molar-refractivity contribution >= 4 is 11.6 Å². The number of carbonyl (C=O) groups is 2. The fourth-order valence-corrected chi connectivity index (χ4v) is 2.69. The van der Waals surface area contributed by atoms with Gasteiger partial charge in [-0.3, -0.25) is 9.59 Å². The molecule has 0 amide bonds. The molecule has 0 radical (unpaired) electrons. The SMILES string of the molecule is C#CC[C@@]12CCC(=O)C=C1CCCC2=O. The first kappa shape index (κ1) is 10.2. The maximum absolute atomic E-state index is 12.0. The summed E-state index contributed by atoms with van der Waals surface area (Å²) in [5, 5.41) is 0. The van der Waals surface area contributed by atoms with Crippen LogP contribution in [0.4, 0.5) is 0 Å². The topological polar surface area (TPSA) is 34.1 Å². The minimum absolute atomic E-state index is 0.146. The Hall–Kier alpha value is -1.36. The van der Waals surface area contributed by atoms with E-state index in [2.05, 4.69) is 5.92 Å². The van der Waals surface area contributed by atoms with E-state index in [9.17, 15) is 9.59 Å². The standard InChI is InChI=1S/C13H14O2/c1-2-7-13-8-6-11(14)9-10(13)4-3-5-12(13)15/h1,9H,3-8H2/t13-/m1/s1. The summed E-state index contributed by atoms with van der Waals surface area (Å²) in [6.07, 6.45) is 10.9. The first-order valence-electron chi connectivity index (χ1n) is 5.40. The van der Waals surface area contributed by atoms with Crippen molar-refractivity contribution in [2.75, 3.05) is 0 Å². The van der Waals surface area contributed by atoms with Crippen LogP contribution in [-0.4, -0.2) is 11.6 Å². The van der Waals surface area contributed by atoms with Gasteiger partial charge in [0.2, 0.25) is 0 Å². The molecular weight excluding hydrogens is 188 g/mol. The van der Waals surface area contributed by atoms with Crippen LogP contribution in [0.3, 0.4) is 0 Å². The number of allylic oxidation sites excluding steroid dienone is 2. The van der Waals surface area contributed by atoms with Crippen molar-refractivity contribution in [1.29, 1.82) is 0 Å². The van der Waals surface area contributed by atoms with Gasteiger partial charge in [0.1, 0.15) is 5.78 Å². The molecule has 2 heteroatoms. The highest BCUT2D eigenvalue weighted by atomic mass is 16.1. The third kappa shape index (κ3) is 1.52. The molecule has 0 unspecified atom stereocenters. The number of Topliss-reactive ketones (excluding diaryl/α,β-unsaturated/α-hetero) is 1. The van der Waals surface area contributed by atoms with Gasteiger partial charge < -0.3 is 0 Å². The monoisotopic (exact) mass is 202 g/mol. The van der Waals surface area contributed by atoms with Gasteiger partial charge in [-0.15, -0.1) is 12.3 Å². The highest BCUT2D eigenvalue weighted by Crippen LogP contribution is 2.46. The van der Waals surface area contributed by atoms with Gasteiger partial charge in [0.15, 0.2) is 5.78 Å². The van der Waals surface area contributed by atoms with Gasteiger partial charge in [-0.2, -0.15) is 0 Å². The molecule has 1 saturated carbocycles. The van der Waals surface area contributed by atoms with Crippen LogP contribution in [0.15, 0.2) is 11.6 Å². The molecule has 0 bridgehead atoms. The maximum Gasteiger partial charge on any atom is 0.155 e. The van der Waals surface area contributed by atoms with Gasteiger partial charge in [-0.1, -0.05) is 5.57 Å². The van der Waals surface area contributed by atoms with E-state index in [0.717, 1.165) is 18.4 Å². The number of ketones is 2. The Bertz CT molecular complexity index is 384. The number of fused-ring (bicyclic) bond motifs is 1. The number of terminal acetylenes is 1. The highest BCUT2D eigenvalue weighted by molar-refractivity contribution is 5.98. The fraction of sp³-hybridized carbons (Fsp3) is 0.538. The van der Waals surface area contributed by atoms with E-state index in [1.165, 1.54) is 0 Å². The Morgan fingerprint density at radius 1 is 1.33 bits per heavy atom. The Morgan fingerprint density at radius 3 is 2.87 bits per heavy atom. The third-order valence-electron chi connectivity index (χ3n) is 3.54. The van der Waals surface area contributed by atoms with Crippen molar-refractivity contribution in [3.05, 3.63) is 11.6 Å². The molecule has 15 heavy (non-hydrogen) atoms. The molecule has 0 aliphatic heterocycles. The molecule has 0 N–H and O–H groups in total.